The zero-order chi connectivity index (χ0) is 11.4. The Morgan fingerprint density at radius 1 is 1.57 bits per heavy atom. The standard InChI is InChI=1S/C9H14O2S3/c1-6(2)5-13-8(12)14-9(3,4)7(10)11/h1,5H2,2-4H3,(H,10,11). The van der Waals surface area contributed by atoms with Crippen molar-refractivity contribution in [2.24, 2.45) is 0 Å². The molecule has 0 rings (SSSR count). The summed E-state index contributed by atoms with van der Waals surface area (Å²) < 4.78 is -0.195. The predicted molar refractivity (Wildman–Crippen MR) is 69.2 cm³/mol. The highest BCUT2D eigenvalue weighted by atomic mass is 32.2. The number of thiocarbonyl (C=S) groups is 1. The zero-order valence-electron chi connectivity index (χ0n) is 8.49. The predicted octanol–water partition coefficient (Wildman–Crippen LogP) is 3.18. The first-order valence-corrected chi connectivity index (χ1v) is 6.20. The highest BCUT2D eigenvalue weighted by Gasteiger charge is 2.29. The largest absolute Gasteiger partial charge is 0.480 e. The number of thioether (sulfide) groups is 2. The Bertz CT molecular complexity index is 259. The lowest BCUT2D eigenvalue weighted by Crippen LogP contribution is -2.28. The molecule has 0 saturated carbocycles. The number of carboxylic acid groups (broad SMARTS) is 1. The molecule has 0 heterocycles. The average Bonchev–Trinajstić information content (AvgIpc) is 1.99. The average molecular weight is 250 g/mol. The van der Waals surface area contributed by atoms with Crippen LogP contribution in [0.1, 0.15) is 20.8 Å². The van der Waals surface area contributed by atoms with E-state index in [1.807, 2.05) is 6.92 Å². The first-order chi connectivity index (χ1) is 6.25. The normalized spacial score (nSPS) is 11.1. The van der Waals surface area contributed by atoms with Gasteiger partial charge in [-0.2, -0.15) is 0 Å². The summed E-state index contributed by atoms with van der Waals surface area (Å²) in [5, 5.41) is 8.86. The molecule has 0 aliphatic heterocycles. The summed E-state index contributed by atoms with van der Waals surface area (Å²) in [6.45, 7) is 8.96. The first kappa shape index (κ1) is 14.0. The molecule has 14 heavy (non-hydrogen) atoms. The van der Waals surface area contributed by atoms with Crippen LogP contribution in [0.4, 0.5) is 0 Å². The van der Waals surface area contributed by atoms with Crippen molar-refractivity contribution >= 4 is 45.2 Å². The summed E-state index contributed by atoms with van der Waals surface area (Å²) in [5.41, 5.74) is 1.03. The van der Waals surface area contributed by atoms with Gasteiger partial charge in [0, 0.05) is 5.75 Å². The van der Waals surface area contributed by atoms with Gasteiger partial charge in [0.1, 0.15) is 8.28 Å². The number of rotatable bonds is 4. The van der Waals surface area contributed by atoms with Gasteiger partial charge in [-0.15, -0.1) is 11.8 Å². The lowest BCUT2D eigenvalue weighted by atomic mass is 10.2. The summed E-state index contributed by atoms with van der Waals surface area (Å²) in [6, 6.07) is 0. The Kier molecular flexibility index (Phi) is 5.78. The quantitative estimate of drug-likeness (QED) is 0.612. The van der Waals surface area contributed by atoms with Crippen molar-refractivity contribution < 1.29 is 9.90 Å². The van der Waals surface area contributed by atoms with Crippen molar-refractivity contribution in [1.82, 2.24) is 0 Å². The van der Waals surface area contributed by atoms with Crippen LogP contribution in [0.25, 0.3) is 0 Å². The maximum Gasteiger partial charge on any atom is 0.319 e. The van der Waals surface area contributed by atoms with Crippen LogP contribution in [0, 0.1) is 0 Å². The van der Waals surface area contributed by atoms with Gasteiger partial charge < -0.3 is 5.11 Å². The van der Waals surface area contributed by atoms with Gasteiger partial charge in [0.25, 0.3) is 0 Å². The van der Waals surface area contributed by atoms with Gasteiger partial charge >= 0.3 is 5.97 Å². The van der Waals surface area contributed by atoms with E-state index in [0.29, 0.717) is 3.53 Å². The Labute approximate surface area is 98.5 Å². The molecule has 0 bridgehead atoms. The molecular weight excluding hydrogens is 236 g/mol. The molecule has 5 heteroatoms. The van der Waals surface area contributed by atoms with Crippen LogP contribution < -0.4 is 0 Å². The number of hydrogen-bond acceptors (Lipinski definition) is 4. The molecule has 0 aromatic heterocycles. The van der Waals surface area contributed by atoms with E-state index < -0.39 is 10.7 Å². The number of hydrogen-bond donors (Lipinski definition) is 1. The van der Waals surface area contributed by atoms with Gasteiger partial charge in [0.05, 0.1) is 0 Å². The van der Waals surface area contributed by atoms with Crippen molar-refractivity contribution in [3.8, 4) is 0 Å². The minimum absolute atomic E-state index is 0.653. The second-order valence-electron chi connectivity index (χ2n) is 3.41. The van der Waals surface area contributed by atoms with Crippen LogP contribution in [0.3, 0.4) is 0 Å². The van der Waals surface area contributed by atoms with Gasteiger partial charge in [-0.05, 0) is 20.8 Å². The molecule has 2 nitrogen and oxygen atoms in total. The van der Waals surface area contributed by atoms with Crippen LogP contribution >= 0.6 is 35.7 Å². The van der Waals surface area contributed by atoms with Crippen molar-refractivity contribution in [3.63, 3.8) is 0 Å². The molecule has 0 aromatic rings. The van der Waals surface area contributed by atoms with E-state index in [1.165, 1.54) is 23.5 Å². The molecule has 0 aromatic carbocycles. The maximum absolute atomic E-state index is 10.8. The molecule has 0 amide bonds. The van der Waals surface area contributed by atoms with Crippen molar-refractivity contribution in [1.29, 1.82) is 0 Å². The third kappa shape index (κ3) is 5.67. The van der Waals surface area contributed by atoms with Crippen LogP contribution in [0.15, 0.2) is 12.2 Å². The van der Waals surface area contributed by atoms with E-state index >= 15 is 0 Å². The number of carboxylic acids is 1. The van der Waals surface area contributed by atoms with Crippen LogP contribution in [0.5, 0.6) is 0 Å². The lowest BCUT2D eigenvalue weighted by molar-refractivity contribution is -0.138. The van der Waals surface area contributed by atoms with E-state index in [0.717, 1.165) is 11.3 Å². The Morgan fingerprint density at radius 3 is 2.43 bits per heavy atom. The Balaban J connectivity index is 4.06. The molecule has 80 valence electrons. The molecule has 0 unspecified atom stereocenters. The first-order valence-electron chi connectivity index (χ1n) is 3.99. The van der Waals surface area contributed by atoms with Crippen LogP contribution in [0.2, 0.25) is 0 Å². The molecule has 0 spiro atoms. The van der Waals surface area contributed by atoms with E-state index in [-0.39, 0.29) is 0 Å². The van der Waals surface area contributed by atoms with Gasteiger partial charge in [0.15, 0.2) is 0 Å². The fraction of sp³-hybridized carbons (Fsp3) is 0.556. The Hall–Kier alpha value is -0.000000000000000111. The fourth-order valence-electron chi connectivity index (χ4n) is 0.464. The molecule has 0 aliphatic rings. The van der Waals surface area contributed by atoms with E-state index in [2.05, 4.69) is 6.58 Å². The fourth-order valence-corrected chi connectivity index (χ4v) is 3.17. The van der Waals surface area contributed by atoms with Crippen molar-refractivity contribution in [2.75, 3.05) is 5.75 Å². The number of aliphatic carboxylic acids is 1. The van der Waals surface area contributed by atoms with Crippen molar-refractivity contribution in [3.05, 3.63) is 12.2 Å². The SMILES string of the molecule is C=C(C)CSC(=S)SC(C)(C)C(=O)O. The van der Waals surface area contributed by atoms with Gasteiger partial charge in [-0.1, -0.05) is 36.1 Å². The van der Waals surface area contributed by atoms with Gasteiger partial charge in [0.2, 0.25) is 0 Å². The van der Waals surface area contributed by atoms with Crippen LogP contribution in [-0.2, 0) is 4.79 Å². The Morgan fingerprint density at radius 2 is 2.07 bits per heavy atom. The maximum atomic E-state index is 10.8. The van der Waals surface area contributed by atoms with E-state index in [4.69, 9.17) is 17.3 Å². The van der Waals surface area contributed by atoms with E-state index in [1.54, 1.807) is 13.8 Å². The molecule has 0 atom stereocenters. The van der Waals surface area contributed by atoms with E-state index in [9.17, 15) is 4.79 Å². The third-order valence-corrected chi connectivity index (χ3v) is 4.22. The third-order valence-electron chi connectivity index (χ3n) is 1.29. The molecule has 0 aliphatic carbocycles. The van der Waals surface area contributed by atoms with Gasteiger partial charge in [-0.3, -0.25) is 4.79 Å². The summed E-state index contributed by atoms with van der Waals surface area (Å²) in [6.07, 6.45) is 0. The number of carbonyl (C=O) groups is 1. The zero-order valence-corrected chi connectivity index (χ0v) is 10.9. The molecule has 0 saturated heterocycles. The lowest BCUT2D eigenvalue weighted by Gasteiger charge is -2.18. The molecular formula is C9H14O2S3. The minimum Gasteiger partial charge on any atom is -0.480 e. The van der Waals surface area contributed by atoms with Crippen LogP contribution in [-0.4, -0.2) is 25.1 Å². The highest BCUT2D eigenvalue weighted by Crippen LogP contribution is 2.31. The summed E-state index contributed by atoms with van der Waals surface area (Å²) in [5.74, 6) is -0.0950. The summed E-state index contributed by atoms with van der Waals surface area (Å²) >= 11 is 7.73. The second kappa shape index (κ2) is 5.78. The summed E-state index contributed by atoms with van der Waals surface area (Å²) in [7, 11) is 0. The van der Waals surface area contributed by atoms with Gasteiger partial charge in [-0.25, -0.2) is 0 Å². The minimum atomic E-state index is -0.848. The smallest absolute Gasteiger partial charge is 0.319 e. The second-order valence-corrected chi connectivity index (χ2v) is 7.22. The topological polar surface area (TPSA) is 37.3 Å². The molecule has 0 radical (unpaired) electrons. The van der Waals surface area contributed by atoms with Crippen molar-refractivity contribution in [2.45, 2.75) is 25.5 Å². The molecule has 0 fully saturated rings. The highest BCUT2D eigenvalue weighted by molar-refractivity contribution is 8.47. The molecule has 1 N–H and O–H groups in total. The summed E-state index contributed by atoms with van der Waals surface area (Å²) in [4.78, 5) is 10.8. The monoisotopic (exact) mass is 250 g/mol.